The number of fused-ring (bicyclic) bond motifs is 5. The van der Waals surface area contributed by atoms with E-state index in [2.05, 4.69) is 20.4 Å². The fraction of sp³-hybridized carbons (Fsp3) is 0.900. The summed E-state index contributed by atoms with van der Waals surface area (Å²) in [5.74, 6) is 2.87. The Hall–Kier alpha value is -0.390. The quantitative estimate of drug-likeness (QED) is 0.563. The summed E-state index contributed by atoms with van der Waals surface area (Å²) in [5, 5.41) is 0. The summed E-state index contributed by atoms with van der Waals surface area (Å²) in [4.78, 5) is 0. The van der Waals surface area contributed by atoms with Crippen LogP contribution in [0, 0.1) is 34.5 Å². The molecule has 1 N–H and O–H groups in total. The molecule has 0 aromatic heterocycles. The van der Waals surface area contributed by atoms with Crippen LogP contribution >= 0.6 is 0 Å². The summed E-state index contributed by atoms with van der Waals surface area (Å²) in [6.07, 6.45) is 9.69. The summed E-state index contributed by atoms with van der Waals surface area (Å²) >= 11 is 0. The van der Waals surface area contributed by atoms with Crippen LogP contribution in [0.15, 0.2) is 12.2 Å². The van der Waals surface area contributed by atoms with Crippen molar-refractivity contribution in [2.75, 3.05) is 0 Å². The van der Waals surface area contributed by atoms with Gasteiger partial charge in [0, 0.05) is 0 Å². The van der Waals surface area contributed by atoms with E-state index in [1.165, 1.54) is 44.1 Å². The second kappa shape index (κ2) is 5.80. The van der Waals surface area contributed by atoms with Crippen molar-refractivity contribution in [2.24, 2.45) is 34.5 Å². The summed E-state index contributed by atoms with van der Waals surface area (Å²) in [5.41, 5.74) is 2.14. The van der Waals surface area contributed by atoms with Crippen LogP contribution in [0.5, 0.6) is 0 Å². The Labute approximate surface area is 152 Å². The molecule has 5 heteroatoms. The van der Waals surface area contributed by atoms with Gasteiger partial charge in [-0.05, 0) is 92.3 Å². The van der Waals surface area contributed by atoms with Gasteiger partial charge < -0.3 is 0 Å². The minimum atomic E-state index is -4.34. The van der Waals surface area contributed by atoms with Crippen molar-refractivity contribution in [1.29, 1.82) is 0 Å². The highest BCUT2D eigenvalue weighted by Crippen LogP contribution is 2.67. The van der Waals surface area contributed by atoms with Crippen molar-refractivity contribution in [3.63, 3.8) is 0 Å². The maximum absolute atomic E-state index is 11.1. The van der Waals surface area contributed by atoms with Crippen LogP contribution in [-0.2, 0) is 14.6 Å². The van der Waals surface area contributed by atoms with Gasteiger partial charge in [0.15, 0.2) is 0 Å². The first-order valence-corrected chi connectivity index (χ1v) is 11.3. The Morgan fingerprint density at radius 2 is 1.84 bits per heavy atom. The zero-order valence-corrected chi connectivity index (χ0v) is 16.4. The third-order valence-corrected chi connectivity index (χ3v) is 9.35. The average Bonchev–Trinajstić information content (AvgIpc) is 2.82. The maximum atomic E-state index is 11.1. The molecule has 4 nitrogen and oxygen atoms in total. The van der Waals surface area contributed by atoms with E-state index >= 15 is 0 Å². The molecular formula is C20H32O4S. The molecule has 0 bridgehead atoms. The maximum Gasteiger partial charge on any atom is 0.397 e. The summed E-state index contributed by atoms with van der Waals surface area (Å²) in [6, 6.07) is 0. The smallest absolute Gasteiger partial charge is 0.264 e. The fourth-order valence-electron chi connectivity index (χ4n) is 7.39. The van der Waals surface area contributed by atoms with Crippen LogP contribution in [0.25, 0.3) is 0 Å². The number of hydrogen-bond acceptors (Lipinski definition) is 3. The van der Waals surface area contributed by atoms with E-state index in [-0.39, 0.29) is 6.10 Å². The van der Waals surface area contributed by atoms with Crippen molar-refractivity contribution in [2.45, 2.75) is 77.7 Å². The van der Waals surface area contributed by atoms with Crippen LogP contribution in [0.3, 0.4) is 0 Å². The largest absolute Gasteiger partial charge is 0.397 e. The Bertz CT molecular complexity index is 671. The predicted octanol–water partition coefficient (Wildman–Crippen LogP) is 4.77. The Kier molecular flexibility index (Phi) is 4.18. The lowest BCUT2D eigenvalue weighted by atomic mass is 9.45. The van der Waals surface area contributed by atoms with Gasteiger partial charge in [-0.3, -0.25) is 4.55 Å². The van der Waals surface area contributed by atoms with Gasteiger partial charge in [0.1, 0.15) is 0 Å². The molecule has 4 fully saturated rings. The minimum absolute atomic E-state index is 0.299. The number of rotatable bonds is 2. The summed E-state index contributed by atoms with van der Waals surface area (Å²) < 4.78 is 36.1. The molecule has 1 unspecified atom stereocenters. The van der Waals surface area contributed by atoms with E-state index in [1.54, 1.807) is 0 Å². The van der Waals surface area contributed by atoms with E-state index in [0.717, 1.165) is 37.0 Å². The van der Waals surface area contributed by atoms with Gasteiger partial charge in [0.05, 0.1) is 6.10 Å². The molecule has 25 heavy (non-hydrogen) atoms. The van der Waals surface area contributed by atoms with Crippen LogP contribution in [0.1, 0.15) is 71.6 Å². The van der Waals surface area contributed by atoms with Crippen LogP contribution in [0.2, 0.25) is 0 Å². The molecule has 7 atom stereocenters. The molecule has 0 aromatic carbocycles. The molecule has 4 saturated carbocycles. The summed E-state index contributed by atoms with van der Waals surface area (Å²) in [6.45, 7) is 9.30. The number of allylic oxidation sites excluding steroid dienone is 1. The number of hydrogen-bond donors (Lipinski definition) is 1. The molecule has 0 heterocycles. The zero-order valence-electron chi connectivity index (χ0n) is 15.5. The fourth-order valence-corrected chi connectivity index (χ4v) is 7.90. The Morgan fingerprint density at radius 3 is 2.56 bits per heavy atom. The van der Waals surface area contributed by atoms with E-state index < -0.39 is 10.4 Å². The molecule has 0 radical (unpaired) electrons. The highest BCUT2D eigenvalue weighted by atomic mass is 32.3. The highest BCUT2D eigenvalue weighted by molar-refractivity contribution is 7.80. The van der Waals surface area contributed by atoms with E-state index in [1.807, 2.05) is 0 Å². The molecule has 142 valence electrons. The Balaban J connectivity index is 1.54. The van der Waals surface area contributed by atoms with Gasteiger partial charge in [-0.25, -0.2) is 4.18 Å². The molecule has 0 saturated heterocycles. The van der Waals surface area contributed by atoms with Crippen LogP contribution in [0.4, 0.5) is 0 Å². The molecule has 0 aliphatic heterocycles. The summed E-state index contributed by atoms with van der Waals surface area (Å²) in [7, 11) is -4.34. The van der Waals surface area contributed by atoms with Crippen molar-refractivity contribution >= 4 is 10.4 Å². The normalized spacial score (nSPS) is 50.0. The molecule has 4 rings (SSSR count). The van der Waals surface area contributed by atoms with Gasteiger partial charge in [-0.2, -0.15) is 8.42 Å². The first-order valence-electron chi connectivity index (χ1n) is 9.97. The first-order chi connectivity index (χ1) is 11.6. The minimum Gasteiger partial charge on any atom is -0.264 e. The lowest BCUT2D eigenvalue weighted by Gasteiger charge is -2.60. The van der Waals surface area contributed by atoms with Gasteiger partial charge >= 0.3 is 10.4 Å². The van der Waals surface area contributed by atoms with Crippen LogP contribution < -0.4 is 0 Å². The van der Waals surface area contributed by atoms with Gasteiger partial charge in [0.25, 0.3) is 0 Å². The van der Waals surface area contributed by atoms with Crippen molar-refractivity contribution in [3.05, 3.63) is 12.2 Å². The van der Waals surface area contributed by atoms with Crippen molar-refractivity contribution < 1.29 is 17.2 Å². The van der Waals surface area contributed by atoms with Gasteiger partial charge in [-0.1, -0.05) is 26.0 Å². The van der Waals surface area contributed by atoms with E-state index in [0.29, 0.717) is 16.7 Å². The van der Waals surface area contributed by atoms with Gasteiger partial charge in [-0.15, -0.1) is 0 Å². The second-order valence-corrected chi connectivity index (χ2v) is 10.7. The zero-order chi connectivity index (χ0) is 18.0. The lowest BCUT2D eigenvalue weighted by molar-refractivity contribution is -0.113. The molecule has 4 aliphatic rings. The molecular weight excluding hydrogens is 336 g/mol. The highest BCUT2D eigenvalue weighted by Gasteiger charge is 2.58. The monoisotopic (exact) mass is 368 g/mol. The van der Waals surface area contributed by atoms with Crippen molar-refractivity contribution in [3.8, 4) is 0 Å². The van der Waals surface area contributed by atoms with Crippen LogP contribution in [-0.4, -0.2) is 19.1 Å². The SMILES string of the molecule is C=C1CC[C@H]2[C@@H]3CCC4C[C@H](OS(=O)(=O)O)CC[C@]4(C)[C@H]3CC[C@]12C. The molecule has 0 amide bonds. The molecule has 4 aliphatic carbocycles. The Morgan fingerprint density at radius 1 is 1.08 bits per heavy atom. The van der Waals surface area contributed by atoms with Gasteiger partial charge in [0.2, 0.25) is 0 Å². The lowest BCUT2D eigenvalue weighted by Crippen LogP contribution is -2.53. The average molecular weight is 369 g/mol. The predicted molar refractivity (Wildman–Crippen MR) is 97.3 cm³/mol. The van der Waals surface area contributed by atoms with Crippen molar-refractivity contribution in [1.82, 2.24) is 0 Å². The van der Waals surface area contributed by atoms with E-state index in [4.69, 9.17) is 8.74 Å². The first kappa shape index (κ1) is 18.0. The molecule has 0 spiro atoms. The molecule has 0 aromatic rings. The topological polar surface area (TPSA) is 63.6 Å². The van der Waals surface area contributed by atoms with E-state index in [9.17, 15) is 8.42 Å². The third-order valence-electron chi connectivity index (χ3n) is 8.83. The second-order valence-electron chi connectivity index (χ2n) is 9.68. The standard InChI is InChI=1S/C20H32O4S/c1-13-4-7-17-16-6-5-14-12-15(24-25(21,22)23)8-10-20(14,3)18(16)9-11-19(13,17)2/h14-18H,1,4-12H2,2-3H3,(H,21,22,23)/t14?,15-,16+,17+,18+,19-,20+/m1/s1. The third kappa shape index (κ3) is 2.81.